The van der Waals surface area contributed by atoms with Gasteiger partial charge in [-0.2, -0.15) is 0 Å². The number of hydrogen-bond acceptors (Lipinski definition) is 2. The van der Waals surface area contributed by atoms with Crippen LogP contribution < -0.4 is 0 Å². The summed E-state index contributed by atoms with van der Waals surface area (Å²) < 4.78 is 0. The Kier molecular flexibility index (Phi) is 5.44. The Bertz CT molecular complexity index is 889. The maximum Gasteiger partial charge on any atom is 0.248 e. The molecule has 152 valence electrons. The number of carbonyl (C=O) groups is 2. The molecular weight excluding hydrogens is 360 g/mol. The lowest BCUT2D eigenvalue weighted by atomic mass is 9.80. The molecule has 2 aromatic rings. The van der Waals surface area contributed by atoms with Crippen molar-refractivity contribution in [2.45, 2.75) is 44.1 Å². The van der Waals surface area contributed by atoms with E-state index in [0.29, 0.717) is 13.0 Å². The summed E-state index contributed by atoms with van der Waals surface area (Å²) in [5.41, 5.74) is 2.63. The van der Waals surface area contributed by atoms with Gasteiger partial charge in [-0.3, -0.25) is 9.59 Å². The number of carbonyl (C=O) groups excluding carboxylic acids is 2. The Morgan fingerprint density at radius 2 is 1.69 bits per heavy atom. The summed E-state index contributed by atoms with van der Waals surface area (Å²) in [5, 5.41) is 0. The third-order valence-corrected chi connectivity index (χ3v) is 6.60. The van der Waals surface area contributed by atoms with Gasteiger partial charge in [0.05, 0.1) is 0 Å². The fourth-order valence-corrected chi connectivity index (χ4v) is 4.86. The fraction of sp³-hybridized carbons (Fsp3) is 0.440. The van der Waals surface area contributed by atoms with Gasteiger partial charge in [0.15, 0.2) is 0 Å². The molecule has 29 heavy (non-hydrogen) atoms. The third kappa shape index (κ3) is 3.57. The van der Waals surface area contributed by atoms with Crippen LogP contribution in [0, 0.1) is 5.92 Å². The van der Waals surface area contributed by atoms with E-state index in [2.05, 4.69) is 24.3 Å². The highest BCUT2D eigenvalue weighted by Gasteiger charge is 2.52. The number of benzene rings is 2. The number of likely N-dealkylation sites (tertiary alicyclic amines) is 1. The lowest BCUT2D eigenvalue weighted by molar-refractivity contribution is -0.153. The summed E-state index contributed by atoms with van der Waals surface area (Å²) in [4.78, 5) is 30.4. The Hall–Kier alpha value is -2.62. The molecule has 2 aromatic carbocycles. The molecule has 2 amide bonds. The summed E-state index contributed by atoms with van der Waals surface area (Å²) in [7, 11) is 3.61. The normalized spacial score (nSPS) is 21.7. The van der Waals surface area contributed by atoms with Gasteiger partial charge in [0.2, 0.25) is 11.8 Å². The fourth-order valence-electron chi connectivity index (χ4n) is 4.86. The molecule has 4 rings (SSSR count). The van der Waals surface area contributed by atoms with Gasteiger partial charge >= 0.3 is 0 Å². The molecule has 1 heterocycles. The van der Waals surface area contributed by atoms with Gasteiger partial charge in [-0.15, -0.1) is 0 Å². The van der Waals surface area contributed by atoms with Gasteiger partial charge in [0.1, 0.15) is 5.54 Å². The van der Waals surface area contributed by atoms with Gasteiger partial charge in [-0.25, -0.2) is 0 Å². The quantitative estimate of drug-likeness (QED) is 0.770. The maximum absolute atomic E-state index is 13.5. The van der Waals surface area contributed by atoms with Crippen LogP contribution in [-0.2, 0) is 16.0 Å². The molecule has 0 radical (unpaired) electrons. The van der Waals surface area contributed by atoms with Crippen molar-refractivity contribution >= 4 is 11.8 Å². The standard InChI is InChI=1S/C25H30N2O2/c1-26(2)24(29)25(16-9-17-27(25)23(28)20-13-8-14-20)18-21-12-6-7-15-22(21)19-10-4-3-5-11-19/h3-7,10-12,15,20H,8-9,13-14,16-18H2,1-2H3. The van der Waals surface area contributed by atoms with E-state index in [0.717, 1.165) is 48.8 Å². The first kappa shape index (κ1) is 19.7. The summed E-state index contributed by atoms with van der Waals surface area (Å²) in [6.45, 7) is 0.683. The Balaban J connectivity index is 1.74. The highest BCUT2D eigenvalue weighted by molar-refractivity contribution is 5.93. The second-order valence-electron chi connectivity index (χ2n) is 8.65. The number of rotatable bonds is 5. The molecule has 2 aliphatic rings. The molecule has 1 aliphatic heterocycles. The summed E-state index contributed by atoms with van der Waals surface area (Å²) in [6, 6.07) is 18.6. The van der Waals surface area contributed by atoms with E-state index in [4.69, 9.17) is 0 Å². The minimum Gasteiger partial charge on any atom is -0.347 e. The zero-order valence-corrected chi connectivity index (χ0v) is 17.4. The number of likely N-dealkylation sites (N-methyl/N-ethyl adjacent to an activating group) is 1. The van der Waals surface area contributed by atoms with Gasteiger partial charge in [0, 0.05) is 33.0 Å². The van der Waals surface area contributed by atoms with Crippen LogP contribution in [0.3, 0.4) is 0 Å². The number of hydrogen-bond donors (Lipinski definition) is 0. The van der Waals surface area contributed by atoms with E-state index in [1.165, 1.54) is 0 Å². The predicted octanol–water partition coefficient (Wildman–Crippen LogP) is 4.15. The monoisotopic (exact) mass is 390 g/mol. The molecule has 0 aromatic heterocycles. The van der Waals surface area contributed by atoms with Crippen LogP contribution in [-0.4, -0.2) is 47.8 Å². The molecule has 0 bridgehead atoms. The first-order valence-corrected chi connectivity index (χ1v) is 10.7. The van der Waals surface area contributed by atoms with E-state index >= 15 is 0 Å². The van der Waals surface area contributed by atoms with E-state index in [-0.39, 0.29) is 17.7 Å². The molecule has 0 N–H and O–H groups in total. The summed E-state index contributed by atoms with van der Waals surface area (Å²) in [5.74, 6) is 0.332. The predicted molar refractivity (Wildman–Crippen MR) is 115 cm³/mol. The van der Waals surface area contributed by atoms with Crippen LogP contribution in [0.5, 0.6) is 0 Å². The first-order chi connectivity index (χ1) is 14.0. The first-order valence-electron chi connectivity index (χ1n) is 10.7. The minimum absolute atomic E-state index is 0.0468. The molecular formula is C25H30N2O2. The van der Waals surface area contributed by atoms with Crippen LogP contribution in [0.4, 0.5) is 0 Å². The molecule has 1 atom stereocenters. The number of nitrogens with zero attached hydrogens (tertiary/aromatic N) is 2. The van der Waals surface area contributed by atoms with Crippen molar-refractivity contribution in [1.82, 2.24) is 9.80 Å². The van der Waals surface area contributed by atoms with E-state index in [1.54, 1.807) is 19.0 Å². The van der Waals surface area contributed by atoms with Gasteiger partial charge in [-0.05, 0) is 42.4 Å². The largest absolute Gasteiger partial charge is 0.347 e. The van der Waals surface area contributed by atoms with E-state index < -0.39 is 5.54 Å². The van der Waals surface area contributed by atoms with Crippen LogP contribution in [0.1, 0.15) is 37.7 Å². The average Bonchev–Trinajstić information content (AvgIpc) is 3.11. The lowest BCUT2D eigenvalue weighted by Gasteiger charge is -2.42. The van der Waals surface area contributed by atoms with Gasteiger partial charge < -0.3 is 9.80 Å². The lowest BCUT2D eigenvalue weighted by Crippen LogP contribution is -2.60. The van der Waals surface area contributed by atoms with Crippen molar-refractivity contribution in [3.8, 4) is 11.1 Å². The van der Waals surface area contributed by atoms with Crippen molar-refractivity contribution in [1.29, 1.82) is 0 Å². The SMILES string of the molecule is CN(C)C(=O)C1(Cc2ccccc2-c2ccccc2)CCCN1C(=O)C1CCC1. The Morgan fingerprint density at radius 3 is 2.34 bits per heavy atom. The minimum atomic E-state index is -0.777. The molecule has 1 saturated carbocycles. The Morgan fingerprint density at radius 1 is 1.00 bits per heavy atom. The highest BCUT2D eigenvalue weighted by atomic mass is 16.2. The summed E-state index contributed by atoms with van der Waals surface area (Å²) in [6.07, 6.45) is 5.21. The van der Waals surface area contributed by atoms with E-state index in [9.17, 15) is 9.59 Å². The van der Waals surface area contributed by atoms with Crippen LogP contribution >= 0.6 is 0 Å². The average molecular weight is 391 g/mol. The van der Waals surface area contributed by atoms with Crippen LogP contribution in [0.15, 0.2) is 54.6 Å². The van der Waals surface area contributed by atoms with E-state index in [1.807, 2.05) is 35.2 Å². The molecule has 4 heteroatoms. The third-order valence-electron chi connectivity index (χ3n) is 6.60. The second-order valence-corrected chi connectivity index (χ2v) is 8.65. The van der Waals surface area contributed by atoms with Crippen molar-refractivity contribution in [2.24, 2.45) is 5.92 Å². The molecule has 1 aliphatic carbocycles. The van der Waals surface area contributed by atoms with Crippen LogP contribution in [0.25, 0.3) is 11.1 Å². The maximum atomic E-state index is 13.5. The second kappa shape index (κ2) is 8.02. The molecule has 1 unspecified atom stereocenters. The smallest absolute Gasteiger partial charge is 0.248 e. The van der Waals surface area contributed by atoms with Gasteiger partial charge in [-0.1, -0.05) is 61.0 Å². The van der Waals surface area contributed by atoms with Crippen molar-refractivity contribution in [3.05, 3.63) is 60.2 Å². The van der Waals surface area contributed by atoms with Crippen molar-refractivity contribution < 1.29 is 9.59 Å². The zero-order valence-electron chi connectivity index (χ0n) is 17.4. The molecule has 2 fully saturated rings. The number of amides is 2. The van der Waals surface area contributed by atoms with Crippen molar-refractivity contribution in [2.75, 3.05) is 20.6 Å². The summed E-state index contributed by atoms with van der Waals surface area (Å²) >= 11 is 0. The van der Waals surface area contributed by atoms with Crippen molar-refractivity contribution in [3.63, 3.8) is 0 Å². The topological polar surface area (TPSA) is 40.6 Å². The Labute approximate surface area is 173 Å². The molecule has 1 saturated heterocycles. The molecule has 0 spiro atoms. The highest BCUT2D eigenvalue weighted by Crippen LogP contribution is 2.40. The van der Waals surface area contributed by atoms with Crippen LogP contribution in [0.2, 0.25) is 0 Å². The molecule has 4 nitrogen and oxygen atoms in total. The van der Waals surface area contributed by atoms with Gasteiger partial charge in [0.25, 0.3) is 0 Å². The zero-order chi connectivity index (χ0) is 20.4.